The fourth-order valence-corrected chi connectivity index (χ4v) is 3.28. The summed E-state index contributed by atoms with van der Waals surface area (Å²) in [5.41, 5.74) is -0.0211. The predicted octanol–water partition coefficient (Wildman–Crippen LogP) is 3.48. The van der Waals surface area contributed by atoms with Crippen LogP contribution in [0, 0.1) is 5.92 Å². The van der Waals surface area contributed by atoms with Crippen LogP contribution in [0.4, 0.5) is 18.9 Å². The first-order valence-electron chi connectivity index (χ1n) is 9.11. The van der Waals surface area contributed by atoms with Crippen molar-refractivity contribution in [3.63, 3.8) is 0 Å². The van der Waals surface area contributed by atoms with Gasteiger partial charge in [-0.05, 0) is 29.8 Å². The van der Waals surface area contributed by atoms with Gasteiger partial charge in [0.2, 0.25) is 11.8 Å². The fourth-order valence-electron chi connectivity index (χ4n) is 3.28. The third-order valence-electron chi connectivity index (χ3n) is 4.80. The molecule has 1 saturated heterocycles. The number of hydrogen-bond donors (Lipinski definition) is 1. The number of esters is 1. The molecule has 1 N–H and O–H groups in total. The number of benzene rings is 2. The molecule has 2 amide bonds. The zero-order valence-electron chi connectivity index (χ0n) is 16.0. The van der Waals surface area contributed by atoms with Gasteiger partial charge in [-0.2, -0.15) is 13.2 Å². The Balaban J connectivity index is 1.68. The number of anilines is 1. The van der Waals surface area contributed by atoms with Gasteiger partial charge in [0.15, 0.2) is 0 Å². The molecule has 9 heteroatoms. The number of halogens is 3. The maximum atomic E-state index is 12.9. The van der Waals surface area contributed by atoms with Crippen LogP contribution in [0.2, 0.25) is 0 Å². The molecule has 6 nitrogen and oxygen atoms in total. The Labute approximate surface area is 170 Å². The molecule has 0 aliphatic carbocycles. The number of nitrogens with zero attached hydrogens (tertiary/aromatic N) is 1. The van der Waals surface area contributed by atoms with Gasteiger partial charge in [-0.3, -0.25) is 9.59 Å². The summed E-state index contributed by atoms with van der Waals surface area (Å²) in [6, 6.07) is 11.1. The second-order valence-electron chi connectivity index (χ2n) is 6.90. The molecule has 2 aromatic carbocycles. The molecule has 1 aliphatic heterocycles. The van der Waals surface area contributed by atoms with Crippen molar-refractivity contribution in [1.29, 1.82) is 0 Å². The summed E-state index contributed by atoms with van der Waals surface area (Å²) in [4.78, 5) is 38.1. The highest BCUT2D eigenvalue weighted by Crippen LogP contribution is 2.30. The van der Waals surface area contributed by atoms with E-state index in [2.05, 4.69) is 10.1 Å². The molecule has 2 aromatic rings. The number of ether oxygens (including phenoxy) is 1. The number of amides is 2. The molecule has 0 radical (unpaired) electrons. The van der Waals surface area contributed by atoms with Crippen LogP contribution in [0.1, 0.15) is 27.9 Å². The maximum absolute atomic E-state index is 12.9. The highest BCUT2D eigenvalue weighted by molar-refractivity contribution is 6.03. The summed E-state index contributed by atoms with van der Waals surface area (Å²) in [6.07, 6.45) is -4.54. The van der Waals surface area contributed by atoms with Crippen LogP contribution < -0.4 is 5.32 Å². The van der Waals surface area contributed by atoms with E-state index in [1.54, 1.807) is 18.2 Å². The molecule has 1 atom stereocenters. The van der Waals surface area contributed by atoms with Crippen LogP contribution in [-0.4, -0.2) is 36.3 Å². The zero-order chi connectivity index (χ0) is 21.9. The lowest BCUT2D eigenvalue weighted by Crippen LogP contribution is -2.28. The Morgan fingerprint density at radius 3 is 2.60 bits per heavy atom. The number of carbonyl (C=O) groups is 3. The number of hydrogen-bond acceptors (Lipinski definition) is 4. The van der Waals surface area contributed by atoms with Crippen molar-refractivity contribution in [3.05, 3.63) is 65.2 Å². The van der Waals surface area contributed by atoms with Crippen molar-refractivity contribution in [2.45, 2.75) is 19.1 Å². The van der Waals surface area contributed by atoms with E-state index in [1.165, 1.54) is 30.2 Å². The van der Waals surface area contributed by atoms with E-state index in [0.29, 0.717) is 5.56 Å². The molecule has 1 unspecified atom stereocenters. The Bertz CT molecular complexity index is 975. The van der Waals surface area contributed by atoms with Crippen molar-refractivity contribution in [3.8, 4) is 0 Å². The van der Waals surface area contributed by atoms with Gasteiger partial charge in [0.1, 0.15) is 0 Å². The summed E-state index contributed by atoms with van der Waals surface area (Å²) >= 11 is 0. The minimum absolute atomic E-state index is 0.0225. The van der Waals surface area contributed by atoms with E-state index in [4.69, 9.17) is 0 Å². The van der Waals surface area contributed by atoms with Gasteiger partial charge in [-0.15, -0.1) is 0 Å². The highest BCUT2D eigenvalue weighted by atomic mass is 19.4. The molecule has 158 valence electrons. The Hall–Kier alpha value is -3.36. The van der Waals surface area contributed by atoms with Crippen molar-refractivity contribution >= 4 is 23.5 Å². The van der Waals surface area contributed by atoms with Gasteiger partial charge in [0.05, 0.1) is 29.8 Å². The molecule has 1 fully saturated rings. The molecule has 1 heterocycles. The first kappa shape index (κ1) is 21.4. The summed E-state index contributed by atoms with van der Waals surface area (Å²) in [6.45, 7) is 0.0482. The largest absolute Gasteiger partial charge is 0.465 e. The minimum Gasteiger partial charge on any atom is -0.465 e. The van der Waals surface area contributed by atoms with Crippen LogP contribution >= 0.6 is 0 Å². The Morgan fingerprint density at radius 1 is 1.17 bits per heavy atom. The van der Waals surface area contributed by atoms with Crippen LogP contribution in [0.15, 0.2) is 48.5 Å². The topological polar surface area (TPSA) is 75.7 Å². The lowest BCUT2D eigenvalue weighted by atomic mass is 10.1. The second kappa shape index (κ2) is 8.56. The number of likely N-dealkylation sites (tertiary alicyclic amines) is 1. The van der Waals surface area contributed by atoms with Crippen LogP contribution in [0.3, 0.4) is 0 Å². The SMILES string of the molecule is COC(=O)c1ccccc1NC(=O)C1CC(=O)N(Cc2cccc(C(F)(F)F)c2)C1. The molecule has 3 rings (SSSR count). The van der Waals surface area contributed by atoms with Gasteiger partial charge < -0.3 is 15.0 Å². The van der Waals surface area contributed by atoms with E-state index in [1.807, 2.05) is 0 Å². The van der Waals surface area contributed by atoms with Gasteiger partial charge in [-0.1, -0.05) is 24.3 Å². The summed E-state index contributed by atoms with van der Waals surface area (Å²) < 4.78 is 43.3. The first-order valence-corrected chi connectivity index (χ1v) is 9.11. The maximum Gasteiger partial charge on any atom is 0.416 e. The van der Waals surface area contributed by atoms with Gasteiger partial charge in [-0.25, -0.2) is 4.79 Å². The molecule has 0 aromatic heterocycles. The molecule has 0 bridgehead atoms. The third kappa shape index (κ3) is 4.79. The Kier molecular flexibility index (Phi) is 6.09. The molecular weight excluding hydrogens is 401 g/mol. The summed E-state index contributed by atoms with van der Waals surface area (Å²) in [5, 5.41) is 2.63. The van der Waals surface area contributed by atoms with Crippen molar-refractivity contribution in [2.24, 2.45) is 5.92 Å². The highest BCUT2D eigenvalue weighted by Gasteiger charge is 2.35. The van der Waals surface area contributed by atoms with E-state index in [9.17, 15) is 27.6 Å². The molecule has 0 saturated carbocycles. The van der Waals surface area contributed by atoms with Crippen LogP contribution in [-0.2, 0) is 27.0 Å². The normalized spacial score (nSPS) is 16.5. The number of carbonyl (C=O) groups excluding carboxylic acids is 3. The number of methoxy groups -OCH3 is 1. The van der Waals surface area contributed by atoms with Gasteiger partial charge in [0, 0.05) is 19.5 Å². The average Bonchev–Trinajstić information content (AvgIpc) is 3.08. The van der Waals surface area contributed by atoms with Gasteiger partial charge >= 0.3 is 12.1 Å². The first-order chi connectivity index (χ1) is 14.2. The van der Waals surface area contributed by atoms with Crippen molar-refractivity contribution < 1.29 is 32.3 Å². The second-order valence-corrected chi connectivity index (χ2v) is 6.90. The van der Waals surface area contributed by atoms with Gasteiger partial charge in [0.25, 0.3) is 0 Å². The average molecular weight is 420 g/mol. The molecule has 0 spiro atoms. The predicted molar refractivity (Wildman–Crippen MR) is 101 cm³/mol. The molecule has 30 heavy (non-hydrogen) atoms. The van der Waals surface area contributed by atoms with Crippen LogP contribution in [0.5, 0.6) is 0 Å². The van der Waals surface area contributed by atoms with E-state index < -0.39 is 29.5 Å². The smallest absolute Gasteiger partial charge is 0.416 e. The van der Waals surface area contributed by atoms with Crippen molar-refractivity contribution in [1.82, 2.24) is 4.90 Å². The fraction of sp³-hybridized carbons (Fsp3) is 0.286. The minimum atomic E-state index is -4.47. The summed E-state index contributed by atoms with van der Waals surface area (Å²) in [5.74, 6) is -2.08. The molecule has 1 aliphatic rings. The lowest BCUT2D eigenvalue weighted by molar-refractivity contribution is -0.137. The third-order valence-corrected chi connectivity index (χ3v) is 4.80. The zero-order valence-corrected chi connectivity index (χ0v) is 16.0. The standard InChI is InChI=1S/C21H19F3N2O4/c1-30-20(29)16-7-2-3-8-17(16)25-19(28)14-10-18(27)26(12-14)11-13-5-4-6-15(9-13)21(22,23)24/h2-9,14H,10-12H2,1H3,(H,25,28). The number of nitrogens with one attached hydrogen (secondary N) is 1. The van der Waals surface area contributed by atoms with E-state index in [0.717, 1.165) is 12.1 Å². The monoisotopic (exact) mass is 420 g/mol. The lowest BCUT2D eigenvalue weighted by Gasteiger charge is -2.18. The molecular formula is C21H19F3N2O4. The number of para-hydroxylation sites is 1. The van der Waals surface area contributed by atoms with Crippen LogP contribution in [0.25, 0.3) is 0 Å². The summed E-state index contributed by atoms with van der Waals surface area (Å²) in [7, 11) is 1.22. The Morgan fingerprint density at radius 2 is 1.90 bits per heavy atom. The van der Waals surface area contributed by atoms with Crippen molar-refractivity contribution in [2.75, 3.05) is 19.0 Å². The quantitative estimate of drug-likeness (QED) is 0.752. The number of alkyl halides is 3. The number of rotatable bonds is 5. The van der Waals surface area contributed by atoms with E-state index >= 15 is 0 Å². The van der Waals surface area contributed by atoms with E-state index in [-0.39, 0.29) is 36.7 Å².